The lowest BCUT2D eigenvalue weighted by Gasteiger charge is -2.22. The van der Waals surface area contributed by atoms with E-state index in [1.165, 1.54) is 0 Å². The predicted octanol–water partition coefficient (Wildman–Crippen LogP) is 4.59. The van der Waals surface area contributed by atoms with Gasteiger partial charge in [-0.15, -0.1) is 0 Å². The normalized spacial score (nSPS) is 11.3. The summed E-state index contributed by atoms with van der Waals surface area (Å²) < 4.78 is 0. The number of anilines is 1. The highest BCUT2D eigenvalue weighted by Crippen LogP contribution is 2.27. The second kappa shape index (κ2) is 5.86. The molecule has 2 aromatic rings. The van der Waals surface area contributed by atoms with E-state index in [9.17, 15) is 4.79 Å². The highest BCUT2D eigenvalue weighted by atomic mass is 35.5. The molecular weight excluding hydrogens is 284 g/mol. The molecule has 0 saturated heterocycles. The third-order valence-electron chi connectivity index (χ3n) is 3.20. The maximum absolute atomic E-state index is 12.5. The molecule has 110 valence electrons. The number of pyridine rings is 1. The fourth-order valence-electron chi connectivity index (χ4n) is 2.16. The smallest absolute Gasteiger partial charge is 0.256 e. The van der Waals surface area contributed by atoms with Crippen LogP contribution in [0.1, 0.15) is 42.3 Å². The average molecular weight is 303 g/mol. The minimum absolute atomic E-state index is 0.109. The molecule has 3 nitrogen and oxygen atoms in total. The SMILES string of the molecule is Cc1cnc(Cl)c(NC(=O)c2ccccc2C(C)(C)C)c1. The number of amides is 1. The topological polar surface area (TPSA) is 42.0 Å². The second-order valence-corrected chi connectivity index (χ2v) is 6.46. The second-order valence-electron chi connectivity index (χ2n) is 6.10. The highest BCUT2D eigenvalue weighted by Gasteiger charge is 2.21. The lowest BCUT2D eigenvalue weighted by molar-refractivity contribution is 0.102. The van der Waals surface area contributed by atoms with E-state index in [-0.39, 0.29) is 11.3 Å². The zero-order chi connectivity index (χ0) is 15.6. The van der Waals surface area contributed by atoms with Crippen LogP contribution in [0.3, 0.4) is 0 Å². The summed E-state index contributed by atoms with van der Waals surface area (Å²) in [6.07, 6.45) is 1.67. The molecule has 1 aromatic carbocycles. The summed E-state index contributed by atoms with van der Waals surface area (Å²) in [5.74, 6) is -0.171. The summed E-state index contributed by atoms with van der Waals surface area (Å²) in [5.41, 5.74) is 3.02. The number of carbonyl (C=O) groups excluding carboxylic acids is 1. The van der Waals surface area contributed by atoms with Crippen molar-refractivity contribution >= 4 is 23.2 Å². The molecule has 0 radical (unpaired) electrons. The van der Waals surface area contributed by atoms with Crippen LogP contribution in [0, 0.1) is 6.92 Å². The number of hydrogen-bond donors (Lipinski definition) is 1. The van der Waals surface area contributed by atoms with Gasteiger partial charge in [0.25, 0.3) is 5.91 Å². The number of carbonyl (C=O) groups is 1. The van der Waals surface area contributed by atoms with Crippen LogP contribution in [0.15, 0.2) is 36.5 Å². The van der Waals surface area contributed by atoms with Crippen LogP contribution < -0.4 is 5.32 Å². The zero-order valence-corrected chi connectivity index (χ0v) is 13.5. The summed E-state index contributed by atoms with van der Waals surface area (Å²) >= 11 is 6.03. The quantitative estimate of drug-likeness (QED) is 0.824. The van der Waals surface area contributed by atoms with Gasteiger partial charge in [-0.1, -0.05) is 50.6 Å². The van der Waals surface area contributed by atoms with Crippen molar-refractivity contribution in [1.29, 1.82) is 0 Å². The fourth-order valence-corrected chi connectivity index (χ4v) is 2.32. The Hall–Kier alpha value is -1.87. The number of rotatable bonds is 2. The number of aryl methyl sites for hydroxylation is 1. The Bertz CT molecular complexity index is 675. The monoisotopic (exact) mass is 302 g/mol. The molecule has 21 heavy (non-hydrogen) atoms. The van der Waals surface area contributed by atoms with Gasteiger partial charge in [-0.2, -0.15) is 0 Å². The molecule has 0 unspecified atom stereocenters. The highest BCUT2D eigenvalue weighted by molar-refractivity contribution is 6.32. The maximum Gasteiger partial charge on any atom is 0.256 e. The molecule has 0 atom stereocenters. The summed E-state index contributed by atoms with van der Waals surface area (Å²) in [5, 5.41) is 3.14. The Morgan fingerprint density at radius 2 is 1.90 bits per heavy atom. The Morgan fingerprint density at radius 3 is 2.57 bits per heavy atom. The van der Waals surface area contributed by atoms with E-state index in [0.717, 1.165) is 11.1 Å². The Labute approximate surface area is 130 Å². The minimum Gasteiger partial charge on any atom is -0.319 e. The van der Waals surface area contributed by atoms with Gasteiger partial charge in [0.2, 0.25) is 0 Å². The van der Waals surface area contributed by atoms with Gasteiger partial charge in [-0.3, -0.25) is 4.79 Å². The molecule has 0 fully saturated rings. The van der Waals surface area contributed by atoms with Crippen LogP contribution in [-0.2, 0) is 5.41 Å². The lowest BCUT2D eigenvalue weighted by Crippen LogP contribution is -2.21. The zero-order valence-electron chi connectivity index (χ0n) is 12.7. The number of aromatic nitrogens is 1. The molecular formula is C17H19ClN2O. The van der Waals surface area contributed by atoms with Crippen molar-refractivity contribution in [2.24, 2.45) is 0 Å². The maximum atomic E-state index is 12.5. The number of nitrogens with zero attached hydrogens (tertiary/aromatic N) is 1. The van der Waals surface area contributed by atoms with Gasteiger partial charge in [-0.25, -0.2) is 4.98 Å². The van der Waals surface area contributed by atoms with Crippen molar-refractivity contribution in [3.8, 4) is 0 Å². The molecule has 4 heteroatoms. The van der Waals surface area contributed by atoms with E-state index >= 15 is 0 Å². The number of benzene rings is 1. The first-order valence-corrected chi connectivity index (χ1v) is 7.20. The van der Waals surface area contributed by atoms with Crippen molar-refractivity contribution < 1.29 is 4.79 Å². The summed E-state index contributed by atoms with van der Waals surface area (Å²) in [6, 6.07) is 9.42. The summed E-state index contributed by atoms with van der Waals surface area (Å²) in [7, 11) is 0. The van der Waals surface area contributed by atoms with E-state index in [0.29, 0.717) is 16.4 Å². The molecule has 0 saturated carbocycles. The first kappa shape index (κ1) is 15.5. The molecule has 0 aliphatic heterocycles. The first-order valence-electron chi connectivity index (χ1n) is 6.82. The van der Waals surface area contributed by atoms with Crippen LogP contribution in [-0.4, -0.2) is 10.9 Å². The number of nitrogens with one attached hydrogen (secondary N) is 1. The van der Waals surface area contributed by atoms with Gasteiger partial charge < -0.3 is 5.32 Å². The van der Waals surface area contributed by atoms with Crippen LogP contribution in [0.25, 0.3) is 0 Å². The van der Waals surface area contributed by atoms with Crippen LogP contribution in [0.2, 0.25) is 5.15 Å². The molecule has 0 aliphatic rings. The molecule has 0 spiro atoms. The van der Waals surface area contributed by atoms with E-state index in [1.54, 1.807) is 6.20 Å². The molecule has 1 aromatic heterocycles. The fraction of sp³-hybridized carbons (Fsp3) is 0.294. The van der Waals surface area contributed by atoms with Crippen molar-refractivity contribution in [3.05, 3.63) is 58.4 Å². The Kier molecular flexibility index (Phi) is 4.33. The van der Waals surface area contributed by atoms with Gasteiger partial charge in [0.05, 0.1) is 5.69 Å². The van der Waals surface area contributed by atoms with E-state index in [4.69, 9.17) is 11.6 Å². The van der Waals surface area contributed by atoms with E-state index < -0.39 is 0 Å². The molecule has 1 N–H and O–H groups in total. The van der Waals surface area contributed by atoms with Gasteiger partial charge in [0, 0.05) is 11.8 Å². The van der Waals surface area contributed by atoms with Crippen LogP contribution in [0.4, 0.5) is 5.69 Å². The molecule has 1 heterocycles. The Morgan fingerprint density at radius 1 is 1.24 bits per heavy atom. The Balaban J connectivity index is 2.36. The van der Waals surface area contributed by atoms with Gasteiger partial charge in [0.15, 0.2) is 5.15 Å². The third-order valence-corrected chi connectivity index (χ3v) is 3.50. The average Bonchev–Trinajstić information content (AvgIpc) is 2.42. The van der Waals surface area contributed by atoms with Crippen LogP contribution in [0.5, 0.6) is 0 Å². The van der Waals surface area contributed by atoms with Crippen molar-refractivity contribution in [1.82, 2.24) is 4.98 Å². The van der Waals surface area contributed by atoms with Gasteiger partial charge in [-0.05, 0) is 35.6 Å². The standard InChI is InChI=1S/C17H19ClN2O/c1-11-9-14(15(18)19-10-11)20-16(21)12-7-5-6-8-13(12)17(2,3)4/h5-10H,1-4H3,(H,20,21). The van der Waals surface area contributed by atoms with E-state index in [2.05, 4.69) is 31.1 Å². The van der Waals surface area contributed by atoms with Crippen molar-refractivity contribution in [2.75, 3.05) is 5.32 Å². The molecule has 0 bridgehead atoms. The molecule has 0 aliphatic carbocycles. The minimum atomic E-state index is -0.171. The van der Waals surface area contributed by atoms with Crippen LogP contribution >= 0.6 is 11.6 Å². The van der Waals surface area contributed by atoms with Crippen molar-refractivity contribution in [3.63, 3.8) is 0 Å². The van der Waals surface area contributed by atoms with Gasteiger partial charge >= 0.3 is 0 Å². The lowest BCUT2D eigenvalue weighted by atomic mass is 9.83. The number of hydrogen-bond acceptors (Lipinski definition) is 2. The summed E-state index contributed by atoms with van der Waals surface area (Å²) in [4.78, 5) is 16.6. The first-order chi connectivity index (χ1) is 9.79. The number of halogens is 1. The van der Waals surface area contributed by atoms with Gasteiger partial charge in [0.1, 0.15) is 0 Å². The summed E-state index contributed by atoms with van der Waals surface area (Å²) in [6.45, 7) is 8.16. The van der Waals surface area contributed by atoms with E-state index in [1.807, 2.05) is 37.3 Å². The predicted molar refractivity (Wildman–Crippen MR) is 87.1 cm³/mol. The largest absolute Gasteiger partial charge is 0.319 e. The molecule has 1 amide bonds. The third kappa shape index (κ3) is 3.61. The molecule has 2 rings (SSSR count). The van der Waals surface area contributed by atoms with Crippen molar-refractivity contribution in [2.45, 2.75) is 33.1 Å².